The van der Waals surface area contributed by atoms with E-state index in [1.165, 1.54) is 16.7 Å². The Morgan fingerprint density at radius 3 is 2.00 bits per heavy atom. The molecule has 0 radical (unpaired) electrons. The van der Waals surface area contributed by atoms with E-state index in [1.54, 1.807) is 50.7 Å². The van der Waals surface area contributed by atoms with Crippen molar-refractivity contribution in [1.29, 1.82) is 0 Å². The summed E-state index contributed by atoms with van der Waals surface area (Å²) >= 11 is 0. The maximum atomic E-state index is 13.2. The molecule has 0 bridgehead atoms. The SMILES string of the molecule is COc1cc2c(cc1OC)CN(CCc1ccc(NC(=O)c3ccccc3NC(=O)c3cnc4ccccc4c3)cc1)CC2.CS(=O)(=O)O.CS(=O)(=O)O.O. The molecule has 1 aromatic heterocycles. The number of fused-ring (bicyclic) bond motifs is 2. The molecule has 2 heterocycles. The van der Waals surface area contributed by atoms with Gasteiger partial charge in [-0.25, -0.2) is 0 Å². The number of nitrogens with one attached hydrogen (secondary N) is 2. The van der Waals surface area contributed by atoms with Crippen LogP contribution in [0.15, 0.2) is 97.2 Å². The average molecular weight is 797 g/mol. The zero-order valence-corrected chi connectivity index (χ0v) is 32.3. The van der Waals surface area contributed by atoms with E-state index in [2.05, 4.69) is 32.7 Å². The van der Waals surface area contributed by atoms with Gasteiger partial charge in [0.15, 0.2) is 11.5 Å². The van der Waals surface area contributed by atoms with Crippen LogP contribution in [0.5, 0.6) is 11.5 Å². The van der Waals surface area contributed by atoms with Gasteiger partial charge in [-0.15, -0.1) is 0 Å². The number of pyridine rings is 1. The molecule has 17 heteroatoms. The lowest BCUT2D eigenvalue weighted by molar-refractivity contribution is 0.102. The molecule has 5 aromatic rings. The van der Waals surface area contributed by atoms with Crippen LogP contribution in [0.4, 0.5) is 11.4 Å². The van der Waals surface area contributed by atoms with Gasteiger partial charge in [0.05, 0.1) is 49.1 Å². The van der Waals surface area contributed by atoms with Crippen molar-refractivity contribution < 1.29 is 50.5 Å². The molecule has 0 saturated heterocycles. The number of carbonyl (C=O) groups is 2. The second-order valence-corrected chi connectivity index (χ2v) is 15.2. The Labute approximate surface area is 320 Å². The fraction of sp³-hybridized carbons (Fsp3) is 0.237. The Morgan fingerprint density at radius 1 is 0.782 bits per heavy atom. The van der Waals surface area contributed by atoms with Gasteiger partial charge in [0, 0.05) is 36.9 Å². The van der Waals surface area contributed by atoms with E-state index < -0.39 is 20.2 Å². The number of ether oxygens (including phenoxy) is 2. The predicted molar refractivity (Wildman–Crippen MR) is 211 cm³/mol. The van der Waals surface area contributed by atoms with Gasteiger partial charge in [-0.1, -0.05) is 42.5 Å². The topological polar surface area (TPSA) is 233 Å². The van der Waals surface area contributed by atoms with Crippen LogP contribution in [0.1, 0.15) is 37.4 Å². The minimum atomic E-state index is -3.67. The molecule has 15 nitrogen and oxygen atoms in total. The summed E-state index contributed by atoms with van der Waals surface area (Å²) in [6, 6.07) is 28.5. The minimum absolute atomic E-state index is 0. The molecule has 0 atom stereocenters. The highest BCUT2D eigenvalue weighted by Crippen LogP contribution is 2.33. The summed E-state index contributed by atoms with van der Waals surface area (Å²) in [6.07, 6.45) is 4.84. The van der Waals surface area contributed by atoms with Gasteiger partial charge in [-0.05, 0) is 78.1 Å². The molecule has 0 saturated carbocycles. The van der Waals surface area contributed by atoms with Crippen molar-refractivity contribution in [3.8, 4) is 11.5 Å². The van der Waals surface area contributed by atoms with E-state index in [4.69, 9.17) is 18.6 Å². The molecule has 2 amide bonds. The van der Waals surface area contributed by atoms with Crippen LogP contribution in [-0.4, -0.2) is 92.9 Å². The van der Waals surface area contributed by atoms with E-state index in [0.29, 0.717) is 35.0 Å². The van der Waals surface area contributed by atoms with E-state index >= 15 is 0 Å². The predicted octanol–water partition coefficient (Wildman–Crippen LogP) is 4.54. The first-order valence-electron chi connectivity index (χ1n) is 16.5. The third kappa shape index (κ3) is 14.4. The highest BCUT2D eigenvalue weighted by Gasteiger charge is 2.20. The second kappa shape index (κ2) is 19.8. The Bertz CT molecular complexity index is 2270. The number of benzene rings is 4. The number of carbonyl (C=O) groups excluding carboxylic acids is 2. The van der Waals surface area contributed by atoms with Gasteiger partial charge in [0.1, 0.15) is 0 Å². The molecular formula is C38H44N4O11S2. The van der Waals surface area contributed by atoms with Crippen LogP contribution in [0.3, 0.4) is 0 Å². The van der Waals surface area contributed by atoms with Crippen molar-refractivity contribution in [1.82, 2.24) is 9.88 Å². The lowest BCUT2D eigenvalue weighted by Crippen LogP contribution is -2.32. The van der Waals surface area contributed by atoms with Crippen LogP contribution in [-0.2, 0) is 39.6 Å². The number of hydrogen-bond donors (Lipinski definition) is 4. The monoisotopic (exact) mass is 796 g/mol. The van der Waals surface area contributed by atoms with E-state index in [1.807, 2.05) is 48.5 Å². The standard InChI is InChI=1S/C36H34N4O4.2CH4O3S.H2O/c1-43-33-20-25-16-18-40(23-28(25)21-34(33)44-2)17-15-24-11-13-29(14-12-24)38-36(42)30-8-4-6-10-32(30)39-35(41)27-19-26-7-3-5-9-31(26)37-22-27;2*1-5(2,3)4;/h3-14,19-22H,15-18,23H2,1-2H3,(H,38,42)(H,39,41);2*1H3,(H,2,3,4);1H2. The number of amides is 2. The Kier molecular flexibility index (Phi) is 15.8. The molecular weight excluding hydrogens is 753 g/mol. The summed E-state index contributed by atoms with van der Waals surface area (Å²) in [5.74, 6) is 0.907. The highest BCUT2D eigenvalue weighted by atomic mass is 32.2. The van der Waals surface area contributed by atoms with Crippen LogP contribution >= 0.6 is 0 Å². The molecule has 4 aromatic carbocycles. The van der Waals surface area contributed by atoms with Gasteiger partial charge >= 0.3 is 0 Å². The fourth-order valence-corrected chi connectivity index (χ4v) is 5.55. The lowest BCUT2D eigenvalue weighted by atomic mass is 9.98. The normalized spacial score (nSPS) is 12.3. The van der Waals surface area contributed by atoms with Crippen molar-refractivity contribution >= 4 is 54.3 Å². The number of anilines is 2. The van der Waals surface area contributed by atoms with E-state index in [0.717, 1.165) is 54.9 Å². The van der Waals surface area contributed by atoms with Crippen molar-refractivity contribution in [3.05, 3.63) is 125 Å². The third-order valence-electron chi connectivity index (χ3n) is 8.00. The largest absolute Gasteiger partial charge is 0.493 e. The van der Waals surface area contributed by atoms with Gasteiger partial charge in [0.25, 0.3) is 32.1 Å². The van der Waals surface area contributed by atoms with Crippen molar-refractivity contribution in [2.45, 2.75) is 19.4 Å². The summed E-state index contributed by atoms with van der Waals surface area (Å²) in [5, 5.41) is 6.71. The molecule has 0 fully saturated rings. The average Bonchev–Trinajstić information content (AvgIpc) is 3.12. The number of hydrogen-bond acceptors (Lipinski definition) is 10. The Morgan fingerprint density at radius 2 is 1.36 bits per heavy atom. The fourth-order valence-electron chi connectivity index (χ4n) is 5.55. The van der Waals surface area contributed by atoms with Crippen molar-refractivity contribution in [2.75, 3.05) is 50.5 Å². The zero-order chi connectivity index (χ0) is 39.5. The molecule has 0 spiro atoms. The van der Waals surface area contributed by atoms with Crippen LogP contribution in [0, 0.1) is 0 Å². The first-order chi connectivity index (χ1) is 25.5. The molecule has 0 unspecified atom stereocenters. The highest BCUT2D eigenvalue weighted by molar-refractivity contribution is 7.85. The molecule has 55 heavy (non-hydrogen) atoms. The number of para-hydroxylation sites is 2. The van der Waals surface area contributed by atoms with Gasteiger partial charge in [0.2, 0.25) is 0 Å². The van der Waals surface area contributed by atoms with Gasteiger partial charge in [-0.2, -0.15) is 16.8 Å². The summed E-state index contributed by atoms with van der Waals surface area (Å²) in [5.41, 5.74) is 6.50. The maximum absolute atomic E-state index is 13.2. The van der Waals surface area contributed by atoms with Crippen LogP contribution < -0.4 is 20.1 Å². The minimum Gasteiger partial charge on any atom is -0.493 e. The molecule has 1 aliphatic heterocycles. The third-order valence-corrected chi connectivity index (χ3v) is 8.00. The second-order valence-electron chi connectivity index (χ2n) is 12.3. The van der Waals surface area contributed by atoms with Gasteiger partial charge < -0.3 is 25.6 Å². The van der Waals surface area contributed by atoms with Crippen molar-refractivity contribution in [3.63, 3.8) is 0 Å². The van der Waals surface area contributed by atoms with Crippen LogP contribution in [0.2, 0.25) is 0 Å². The van der Waals surface area contributed by atoms with Crippen LogP contribution in [0.25, 0.3) is 10.9 Å². The number of methoxy groups -OCH3 is 2. The summed E-state index contributed by atoms with van der Waals surface area (Å²) < 4.78 is 62.7. The van der Waals surface area contributed by atoms with Crippen molar-refractivity contribution in [2.24, 2.45) is 0 Å². The first kappa shape index (κ1) is 44.0. The van der Waals surface area contributed by atoms with E-state index in [-0.39, 0.29) is 17.3 Å². The summed E-state index contributed by atoms with van der Waals surface area (Å²) in [6.45, 7) is 2.79. The zero-order valence-electron chi connectivity index (χ0n) is 30.6. The number of rotatable bonds is 9. The molecule has 294 valence electrons. The Hall–Kier alpha value is -5.43. The molecule has 6 N–H and O–H groups in total. The lowest BCUT2D eigenvalue weighted by Gasteiger charge is -2.29. The first-order valence-corrected chi connectivity index (χ1v) is 20.2. The summed E-state index contributed by atoms with van der Waals surface area (Å²) in [4.78, 5) is 33.1. The summed E-state index contributed by atoms with van der Waals surface area (Å²) in [7, 11) is -4.00. The van der Waals surface area contributed by atoms with E-state index in [9.17, 15) is 26.4 Å². The number of aromatic nitrogens is 1. The van der Waals surface area contributed by atoms with Gasteiger partial charge in [-0.3, -0.25) is 28.6 Å². The Balaban J connectivity index is 0.000000658. The smallest absolute Gasteiger partial charge is 0.261 e. The molecule has 6 rings (SSSR count). The number of nitrogens with zero attached hydrogens (tertiary/aromatic N) is 2. The molecule has 1 aliphatic rings. The quantitative estimate of drug-likeness (QED) is 0.151. The molecule has 0 aliphatic carbocycles. The maximum Gasteiger partial charge on any atom is 0.261 e.